The molecule has 1 heterocycles. The zero-order valence-corrected chi connectivity index (χ0v) is 11.8. The third-order valence-corrected chi connectivity index (χ3v) is 3.40. The van der Waals surface area contributed by atoms with E-state index in [-0.39, 0.29) is 0 Å². The number of hydrogen-bond acceptors (Lipinski definition) is 2. The number of nitrogens with zero attached hydrogens (tertiary/aromatic N) is 1. The van der Waals surface area contributed by atoms with Crippen molar-refractivity contribution in [3.05, 3.63) is 66.2 Å². The average Bonchev–Trinajstić information content (AvgIpc) is 2.49. The Balaban J connectivity index is 1.81. The van der Waals surface area contributed by atoms with Gasteiger partial charge in [-0.25, -0.2) is 4.98 Å². The third-order valence-electron chi connectivity index (χ3n) is 3.21. The van der Waals surface area contributed by atoms with E-state index in [0.717, 1.165) is 28.8 Å². The molecule has 1 N–H and O–H groups in total. The number of benzene rings is 2. The van der Waals surface area contributed by atoms with E-state index in [1.54, 1.807) is 0 Å². The van der Waals surface area contributed by atoms with Crippen LogP contribution in [0.4, 0.5) is 11.5 Å². The van der Waals surface area contributed by atoms with Gasteiger partial charge in [0.2, 0.25) is 0 Å². The van der Waals surface area contributed by atoms with E-state index in [0.29, 0.717) is 5.88 Å². The maximum Gasteiger partial charge on any atom is 0.131 e. The molecule has 0 atom stereocenters. The highest BCUT2D eigenvalue weighted by Gasteiger charge is 1.99. The third kappa shape index (κ3) is 2.91. The maximum absolute atomic E-state index is 5.74. The second-order valence-electron chi connectivity index (χ2n) is 4.65. The predicted octanol–water partition coefficient (Wildman–Crippen LogP) is 4.76. The Labute approximate surface area is 123 Å². The lowest BCUT2D eigenvalue weighted by Gasteiger charge is -2.07. The number of pyridine rings is 1. The molecule has 3 aromatic rings. The molecule has 0 bridgehead atoms. The molecule has 0 saturated heterocycles. The minimum absolute atomic E-state index is 0.652. The highest BCUT2D eigenvalue weighted by atomic mass is 35.5. The van der Waals surface area contributed by atoms with Crippen molar-refractivity contribution in [2.24, 2.45) is 0 Å². The number of nitrogens with one attached hydrogen (secondary N) is 1. The number of para-hydroxylation sites is 1. The largest absolute Gasteiger partial charge is 0.340 e. The van der Waals surface area contributed by atoms with Crippen LogP contribution < -0.4 is 5.32 Å². The van der Waals surface area contributed by atoms with E-state index in [2.05, 4.69) is 46.7 Å². The van der Waals surface area contributed by atoms with Gasteiger partial charge in [0.1, 0.15) is 5.82 Å². The summed E-state index contributed by atoms with van der Waals surface area (Å²) in [5, 5.41) is 4.47. The standard InChI is InChI=1S/C17H15ClN2/c18-12-11-13-5-8-15(9-6-13)19-17-10-7-14-3-1-2-4-16(14)20-17/h1-10H,11-12H2,(H,19,20). The van der Waals surface area contributed by atoms with Crippen LogP contribution in [-0.2, 0) is 6.42 Å². The van der Waals surface area contributed by atoms with Gasteiger partial charge >= 0.3 is 0 Å². The minimum Gasteiger partial charge on any atom is -0.340 e. The van der Waals surface area contributed by atoms with E-state index in [1.165, 1.54) is 5.56 Å². The Bertz CT molecular complexity index is 708. The summed E-state index contributed by atoms with van der Waals surface area (Å²) in [7, 11) is 0. The summed E-state index contributed by atoms with van der Waals surface area (Å²) in [5.41, 5.74) is 3.28. The monoisotopic (exact) mass is 282 g/mol. The Kier molecular flexibility index (Phi) is 3.84. The SMILES string of the molecule is ClCCc1ccc(Nc2ccc3ccccc3n2)cc1. The van der Waals surface area contributed by atoms with Gasteiger partial charge in [0.25, 0.3) is 0 Å². The highest BCUT2D eigenvalue weighted by Crippen LogP contribution is 2.19. The molecule has 100 valence electrons. The molecule has 1 aromatic heterocycles. The molecule has 2 nitrogen and oxygen atoms in total. The van der Waals surface area contributed by atoms with Gasteiger partial charge < -0.3 is 5.32 Å². The van der Waals surface area contributed by atoms with Crippen molar-refractivity contribution in [1.82, 2.24) is 4.98 Å². The van der Waals surface area contributed by atoms with Crippen molar-refractivity contribution in [2.45, 2.75) is 6.42 Å². The molecule has 0 aliphatic carbocycles. The van der Waals surface area contributed by atoms with Gasteiger partial charge in [0.05, 0.1) is 5.52 Å². The van der Waals surface area contributed by atoms with Crippen molar-refractivity contribution >= 4 is 34.0 Å². The van der Waals surface area contributed by atoms with Gasteiger partial charge in [-0.05, 0) is 42.3 Å². The Morgan fingerprint density at radius 2 is 1.70 bits per heavy atom. The van der Waals surface area contributed by atoms with E-state index in [9.17, 15) is 0 Å². The van der Waals surface area contributed by atoms with Crippen molar-refractivity contribution < 1.29 is 0 Å². The fourth-order valence-electron chi connectivity index (χ4n) is 2.15. The Hall–Kier alpha value is -2.06. The first kappa shape index (κ1) is 12.9. The van der Waals surface area contributed by atoms with E-state index >= 15 is 0 Å². The van der Waals surface area contributed by atoms with Gasteiger partial charge in [0, 0.05) is 17.0 Å². The molecule has 0 radical (unpaired) electrons. The van der Waals surface area contributed by atoms with Crippen LogP contribution in [0.2, 0.25) is 0 Å². The fourth-order valence-corrected chi connectivity index (χ4v) is 2.37. The lowest BCUT2D eigenvalue weighted by molar-refractivity contribution is 1.15. The number of alkyl halides is 1. The molecule has 0 amide bonds. The van der Waals surface area contributed by atoms with Crippen LogP contribution in [0.3, 0.4) is 0 Å². The quantitative estimate of drug-likeness (QED) is 0.698. The van der Waals surface area contributed by atoms with E-state index in [1.807, 2.05) is 24.3 Å². The van der Waals surface area contributed by atoms with Crippen molar-refractivity contribution in [3.63, 3.8) is 0 Å². The van der Waals surface area contributed by atoms with Crippen LogP contribution in [0.1, 0.15) is 5.56 Å². The Morgan fingerprint density at radius 3 is 2.50 bits per heavy atom. The summed E-state index contributed by atoms with van der Waals surface area (Å²) in [6, 6.07) is 20.5. The van der Waals surface area contributed by atoms with Gasteiger partial charge in [-0.3, -0.25) is 0 Å². The molecule has 0 unspecified atom stereocenters. The van der Waals surface area contributed by atoms with Crippen molar-refractivity contribution in [1.29, 1.82) is 0 Å². The summed E-state index contributed by atoms with van der Waals surface area (Å²) < 4.78 is 0. The molecule has 3 heteroatoms. The number of fused-ring (bicyclic) bond motifs is 1. The van der Waals surface area contributed by atoms with Crippen LogP contribution in [0.25, 0.3) is 10.9 Å². The predicted molar refractivity (Wildman–Crippen MR) is 85.9 cm³/mol. The second kappa shape index (κ2) is 5.93. The molecular weight excluding hydrogens is 268 g/mol. The molecule has 0 saturated carbocycles. The summed E-state index contributed by atoms with van der Waals surface area (Å²) in [6.45, 7) is 0. The number of halogens is 1. The smallest absolute Gasteiger partial charge is 0.131 e. The average molecular weight is 283 g/mol. The van der Waals surface area contributed by atoms with Gasteiger partial charge in [-0.1, -0.05) is 30.3 Å². The summed E-state index contributed by atoms with van der Waals surface area (Å²) in [6.07, 6.45) is 0.899. The van der Waals surface area contributed by atoms with Gasteiger partial charge in [-0.15, -0.1) is 11.6 Å². The van der Waals surface area contributed by atoms with E-state index in [4.69, 9.17) is 11.6 Å². The van der Waals surface area contributed by atoms with Gasteiger partial charge in [0.15, 0.2) is 0 Å². The van der Waals surface area contributed by atoms with Crippen LogP contribution in [0.5, 0.6) is 0 Å². The van der Waals surface area contributed by atoms with Crippen LogP contribution >= 0.6 is 11.6 Å². The van der Waals surface area contributed by atoms with Gasteiger partial charge in [-0.2, -0.15) is 0 Å². The van der Waals surface area contributed by atoms with Crippen LogP contribution in [0, 0.1) is 0 Å². The number of rotatable bonds is 4. The summed E-state index contributed by atoms with van der Waals surface area (Å²) in [5.74, 6) is 1.51. The first-order chi connectivity index (χ1) is 9.85. The van der Waals surface area contributed by atoms with Crippen molar-refractivity contribution in [2.75, 3.05) is 11.2 Å². The number of hydrogen-bond donors (Lipinski definition) is 1. The Morgan fingerprint density at radius 1 is 0.900 bits per heavy atom. The zero-order chi connectivity index (χ0) is 13.8. The van der Waals surface area contributed by atoms with Crippen LogP contribution in [-0.4, -0.2) is 10.9 Å². The van der Waals surface area contributed by atoms with Crippen molar-refractivity contribution in [3.8, 4) is 0 Å². The first-order valence-corrected chi connectivity index (χ1v) is 7.16. The number of anilines is 2. The number of aryl methyl sites for hydroxylation is 1. The summed E-state index contributed by atoms with van der Waals surface area (Å²) >= 11 is 5.74. The molecule has 2 aromatic carbocycles. The lowest BCUT2D eigenvalue weighted by atomic mass is 10.1. The lowest BCUT2D eigenvalue weighted by Crippen LogP contribution is -1.94. The summed E-state index contributed by atoms with van der Waals surface area (Å²) in [4.78, 5) is 4.60. The fraction of sp³-hybridized carbons (Fsp3) is 0.118. The molecular formula is C17H15ClN2. The molecule has 0 aliphatic rings. The first-order valence-electron chi connectivity index (χ1n) is 6.63. The molecule has 0 aliphatic heterocycles. The number of aromatic nitrogens is 1. The maximum atomic E-state index is 5.74. The molecule has 0 spiro atoms. The molecule has 0 fully saturated rings. The highest BCUT2D eigenvalue weighted by molar-refractivity contribution is 6.17. The minimum atomic E-state index is 0.652. The second-order valence-corrected chi connectivity index (χ2v) is 5.03. The molecule has 3 rings (SSSR count). The normalized spacial score (nSPS) is 10.7. The zero-order valence-electron chi connectivity index (χ0n) is 11.0. The van der Waals surface area contributed by atoms with Crippen LogP contribution in [0.15, 0.2) is 60.7 Å². The van der Waals surface area contributed by atoms with E-state index < -0.39 is 0 Å². The molecule has 20 heavy (non-hydrogen) atoms. The topological polar surface area (TPSA) is 24.9 Å².